The fourth-order valence-corrected chi connectivity index (χ4v) is 6.19. The third-order valence-corrected chi connectivity index (χ3v) is 8.31. The Hall–Kier alpha value is -3.95. The van der Waals surface area contributed by atoms with Crippen LogP contribution in [-0.4, -0.2) is 54.7 Å². The van der Waals surface area contributed by atoms with E-state index in [9.17, 15) is 9.59 Å². The van der Waals surface area contributed by atoms with Crippen LogP contribution in [0.4, 0.5) is 5.82 Å². The summed E-state index contributed by atoms with van der Waals surface area (Å²) in [6.07, 6.45) is 0.793. The van der Waals surface area contributed by atoms with E-state index in [0.29, 0.717) is 34.6 Å². The van der Waals surface area contributed by atoms with Crippen LogP contribution in [0.3, 0.4) is 0 Å². The lowest BCUT2D eigenvalue weighted by Gasteiger charge is -2.23. The van der Waals surface area contributed by atoms with Crippen molar-refractivity contribution in [2.45, 2.75) is 18.6 Å². The number of aromatic nitrogens is 2. The van der Waals surface area contributed by atoms with Gasteiger partial charge in [-0.3, -0.25) is 14.5 Å². The number of nitrogens with one attached hydrogen (secondary N) is 1. The van der Waals surface area contributed by atoms with Gasteiger partial charge >= 0.3 is 0 Å². The van der Waals surface area contributed by atoms with Crippen LogP contribution in [0.2, 0.25) is 5.02 Å². The van der Waals surface area contributed by atoms with Gasteiger partial charge in [0, 0.05) is 28.3 Å². The van der Waals surface area contributed by atoms with E-state index in [1.807, 2.05) is 79.7 Å². The van der Waals surface area contributed by atoms with Gasteiger partial charge in [0.25, 0.3) is 0 Å². The minimum Gasteiger partial charge on any atom is -0.497 e. The quantitative estimate of drug-likeness (QED) is 0.261. The predicted molar refractivity (Wildman–Crippen MR) is 164 cm³/mol. The van der Waals surface area contributed by atoms with Crippen LogP contribution in [-0.2, 0) is 9.59 Å². The van der Waals surface area contributed by atoms with Crippen LogP contribution in [0.15, 0.2) is 72.8 Å². The maximum Gasteiger partial charge on any atom is 0.240 e. The first-order valence-electron chi connectivity index (χ1n) is 13.3. The predicted octanol–water partition coefficient (Wildman–Crippen LogP) is 5.91. The Morgan fingerprint density at radius 2 is 1.78 bits per heavy atom. The molecular weight excluding hydrogens is 560 g/mol. The summed E-state index contributed by atoms with van der Waals surface area (Å²) in [4.78, 5) is 28.4. The monoisotopic (exact) mass is 590 g/mol. The molecule has 8 nitrogen and oxygen atoms in total. The number of methoxy groups -OCH3 is 2. The van der Waals surface area contributed by atoms with Crippen molar-refractivity contribution in [1.82, 2.24) is 15.1 Å². The number of hydrogen-bond acceptors (Lipinski definition) is 6. The number of carbonyl (C=O) groups is 2. The highest BCUT2D eigenvalue weighted by molar-refractivity contribution is 8.00. The summed E-state index contributed by atoms with van der Waals surface area (Å²) in [6, 6.07) is 22.7. The highest BCUT2D eigenvalue weighted by atomic mass is 35.5. The molecule has 2 amide bonds. The van der Waals surface area contributed by atoms with Crippen LogP contribution in [0, 0.1) is 0 Å². The first-order valence-corrected chi connectivity index (χ1v) is 14.7. The molecule has 1 aliphatic rings. The molecule has 1 N–H and O–H groups in total. The van der Waals surface area contributed by atoms with E-state index in [-0.39, 0.29) is 29.4 Å². The summed E-state index contributed by atoms with van der Waals surface area (Å²) < 4.78 is 12.9. The molecule has 1 aliphatic heterocycles. The molecule has 0 saturated heterocycles. The Kier molecular flexibility index (Phi) is 8.85. The topological polar surface area (TPSA) is 85.7 Å². The number of amides is 2. The molecule has 3 aromatic carbocycles. The zero-order chi connectivity index (χ0) is 28.9. The van der Waals surface area contributed by atoms with Crippen molar-refractivity contribution in [3.05, 3.63) is 88.9 Å². The fraction of sp³-hybridized carbons (Fsp3) is 0.258. The molecule has 0 bridgehead atoms. The standard InChI is InChI=1S/C31H31ClN4O4S/c1-4-17-33-26(37)18-35-27(38)19-41-30(24-7-5-6-8-25(24)40-3)28-29(20-9-11-21(32)12-10-20)34-36(31(28)35)22-13-15-23(39-2)16-14-22/h5-16,30H,4,17-19H2,1-3H3,(H,33,37)/t30-/m0/s1. The molecule has 0 radical (unpaired) electrons. The Labute approximate surface area is 248 Å². The van der Waals surface area contributed by atoms with E-state index in [1.165, 1.54) is 11.8 Å². The summed E-state index contributed by atoms with van der Waals surface area (Å²) in [5.41, 5.74) is 3.97. The van der Waals surface area contributed by atoms with Gasteiger partial charge in [0.15, 0.2) is 0 Å². The Balaban J connectivity index is 1.80. The first-order chi connectivity index (χ1) is 19.9. The van der Waals surface area contributed by atoms with Crippen LogP contribution in [0.5, 0.6) is 11.5 Å². The number of hydrogen-bond donors (Lipinski definition) is 1. The lowest BCUT2D eigenvalue weighted by Crippen LogP contribution is -2.42. The largest absolute Gasteiger partial charge is 0.497 e. The van der Waals surface area contributed by atoms with E-state index in [1.54, 1.807) is 23.8 Å². The van der Waals surface area contributed by atoms with Gasteiger partial charge in [0.05, 0.1) is 36.6 Å². The van der Waals surface area contributed by atoms with Crippen molar-refractivity contribution in [2.24, 2.45) is 0 Å². The van der Waals surface area contributed by atoms with Crippen LogP contribution in [0.1, 0.15) is 29.7 Å². The van der Waals surface area contributed by atoms with Crippen molar-refractivity contribution in [2.75, 3.05) is 38.0 Å². The second-order valence-electron chi connectivity index (χ2n) is 9.47. The molecule has 41 heavy (non-hydrogen) atoms. The average molecular weight is 591 g/mol. The van der Waals surface area contributed by atoms with Crippen LogP contribution < -0.4 is 19.7 Å². The van der Waals surface area contributed by atoms with Gasteiger partial charge in [-0.2, -0.15) is 5.10 Å². The number of anilines is 1. The number of para-hydroxylation sites is 1. The summed E-state index contributed by atoms with van der Waals surface area (Å²) in [5, 5.41) is 8.30. The number of benzene rings is 3. The Bertz CT molecular complexity index is 1540. The molecule has 4 aromatic rings. The Morgan fingerprint density at radius 1 is 1.05 bits per heavy atom. The number of rotatable bonds is 9. The SMILES string of the molecule is CCCNC(=O)CN1C(=O)CS[C@@H](c2ccccc2OC)c2c(-c3ccc(Cl)cc3)nn(-c3ccc(OC)cc3)c21. The second-order valence-corrected chi connectivity index (χ2v) is 11.0. The molecule has 0 aliphatic carbocycles. The maximum atomic E-state index is 13.8. The Morgan fingerprint density at radius 3 is 2.46 bits per heavy atom. The molecule has 1 atom stereocenters. The average Bonchev–Trinajstić information content (AvgIpc) is 3.33. The van der Waals surface area contributed by atoms with E-state index in [2.05, 4.69) is 5.32 Å². The molecule has 10 heteroatoms. The van der Waals surface area contributed by atoms with E-state index >= 15 is 0 Å². The maximum absolute atomic E-state index is 13.8. The highest BCUT2D eigenvalue weighted by Crippen LogP contribution is 2.50. The minimum atomic E-state index is -0.313. The third kappa shape index (κ3) is 5.92. The molecule has 0 saturated carbocycles. The second kappa shape index (κ2) is 12.7. The van der Waals surface area contributed by atoms with Crippen molar-refractivity contribution in [3.63, 3.8) is 0 Å². The number of ether oxygens (including phenoxy) is 2. The van der Waals surface area contributed by atoms with Gasteiger partial charge in [0.2, 0.25) is 11.8 Å². The number of nitrogens with zero attached hydrogens (tertiary/aromatic N) is 3. The normalized spacial score (nSPS) is 14.8. The van der Waals surface area contributed by atoms with Gasteiger partial charge in [-0.1, -0.05) is 48.9 Å². The fourth-order valence-electron chi connectivity index (χ4n) is 4.84. The third-order valence-electron chi connectivity index (χ3n) is 6.82. The van der Waals surface area contributed by atoms with Crippen LogP contribution in [0.25, 0.3) is 16.9 Å². The minimum absolute atomic E-state index is 0.132. The van der Waals surface area contributed by atoms with Gasteiger partial charge < -0.3 is 14.8 Å². The molecule has 1 aromatic heterocycles. The van der Waals surface area contributed by atoms with Crippen molar-refractivity contribution >= 4 is 41.0 Å². The molecule has 212 valence electrons. The molecule has 0 unspecified atom stereocenters. The number of fused-ring (bicyclic) bond motifs is 1. The van der Waals surface area contributed by atoms with E-state index < -0.39 is 0 Å². The molecule has 2 heterocycles. The lowest BCUT2D eigenvalue weighted by molar-refractivity contribution is -0.122. The van der Waals surface area contributed by atoms with Gasteiger partial charge in [0.1, 0.15) is 23.9 Å². The summed E-state index contributed by atoms with van der Waals surface area (Å²) in [6.45, 7) is 2.38. The van der Waals surface area contributed by atoms with E-state index in [0.717, 1.165) is 28.8 Å². The van der Waals surface area contributed by atoms with Crippen molar-refractivity contribution < 1.29 is 19.1 Å². The van der Waals surface area contributed by atoms with Gasteiger partial charge in [-0.15, -0.1) is 11.8 Å². The van der Waals surface area contributed by atoms with Crippen LogP contribution >= 0.6 is 23.4 Å². The molecule has 0 spiro atoms. The van der Waals surface area contributed by atoms with Gasteiger partial charge in [-0.25, -0.2) is 4.68 Å². The molecule has 5 rings (SSSR count). The zero-order valence-corrected chi connectivity index (χ0v) is 24.7. The lowest BCUT2D eigenvalue weighted by atomic mass is 9.99. The molecule has 0 fully saturated rings. The van der Waals surface area contributed by atoms with Gasteiger partial charge in [-0.05, 0) is 48.9 Å². The smallest absolute Gasteiger partial charge is 0.240 e. The summed E-state index contributed by atoms with van der Waals surface area (Å²) >= 11 is 7.74. The number of thioether (sulfide) groups is 1. The first kappa shape index (κ1) is 28.6. The number of halogens is 1. The highest BCUT2D eigenvalue weighted by Gasteiger charge is 2.38. The van der Waals surface area contributed by atoms with E-state index in [4.69, 9.17) is 26.2 Å². The summed E-state index contributed by atoms with van der Waals surface area (Å²) in [7, 11) is 3.25. The van der Waals surface area contributed by atoms with Crippen molar-refractivity contribution in [1.29, 1.82) is 0 Å². The molecular formula is C31H31ClN4O4S. The zero-order valence-electron chi connectivity index (χ0n) is 23.1. The number of carbonyl (C=O) groups excluding carboxylic acids is 2. The van der Waals surface area contributed by atoms with Crippen molar-refractivity contribution in [3.8, 4) is 28.4 Å². The summed E-state index contributed by atoms with van der Waals surface area (Å²) in [5.74, 6) is 1.69.